The van der Waals surface area contributed by atoms with Crippen molar-refractivity contribution >= 4 is 5.91 Å². The second-order valence-electron chi connectivity index (χ2n) is 5.09. The van der Waals surface area contributed by atoms with Crippen LogP contribution in [0.25, 0.3) is 0 Å². The number of rotatable bonds is 5. The monoisotopic (exact) mass is 241 g/mol. The third-order valence-corrected chi connectivity index (χ3v) is 3.85. The standard InChI is InChI=1S/C13H23NO3/c15-8-7-14(11-4-3-5-11)13(16)10-12-6-1-2-9-17-12/h11-12,15H,1-10H2. The fourth-order valence-electron chi connectivity index (χ4n) is 2.60. The van der Waals surface area contributed by atoms with E-state index in [9.17, 15) is 4.79 Å². The lowest BCUT2D eigenvalue weighted by Crippen LogP contribution is -2.46. The van der Waals surface area contributed by atoms with E-state index in [2.05, 4.69) is 0 Å². The molecule has 0 radical (unpaired) electrons. The maximum Gasteiger partial charge on any atom is 0.225 e. The minimum Gasteiger partial charge on any atom is -0.395 e. The van der Waals surface area contributed by atoms with Gasteiger partial charge in [-0.25, -0.2) is 0 Å². The van der Waals surface area contributed by atoms with Gasteiger partial charge in [0.25, 0.3) is 0 Å². The van der Waals surface area contributed by atoms with Crippen molar-refractivity contribution in [3.63, 3.8) is 0 Å². The molecule has 2 rings (SSSR count). The number of aliphatic hydroxyl groups excluding tert-OH is 1. The van der Waals surface area contributed by atoms with Crippen LogP contribution in [0.3, 0.4) is 0 Å². The summed E-state index contributed by atoms with van der Waals surface area (Å²) in [6.45, 7) is 1.34. The molecule has 0 aromatic carbocycles. The Labute approximate surface area is 103 Å². The van der Waals surface area contributed by atoms with Gasteiger partial charge in [-0.1, -0.05) is 0 Å². The summed E-state index contributed by atoms with van der Waals surface area (Å²) >= 11 is 0. The lowest BCUT2D eigenvalue weighted by atomic mass is 9.91. The van der Waals surface area contributed by atoms with Crippen molar-refractivity contribution in [1.82, 2.24) is 4.90 Å². The average molecular weight is 241 g/mol. The fourth-order valence-corrected chi connectivity index (χ4v) is 2.60. The van der Waals surface area contributed by atoms with Gasteiger partial charge in [0.2, 0.25) is 5.91 Å². The highest BCUT2D eigenvalue weighted by atomic mass is 16.5. The van der Waals surface area contributed by atoms with Crippen LogP contribution in [0.1, 0.15) is 44.9 Å². The molecule has 1 heterocycles. The summed E-state index contributed by atoms with van der Waals surface area (Å²) in [7, 11) is 0. The second-order valence-corrected chi connectivity index (χ2v) is 5.09. The first-order valence-electron chi connectivity index (χ1n) is 6.83. The van der Waals surface area contributed by atoms with Gasteiger partial charge in [-0.15, -0.1) is 0 Å². The summed E-state index contributed by atoms with van der Waals surface area (Å²) in [4.78, 5) is 14.0. The van der Waals surface area contributed by atoms with E-state index in [1.54, 1.807) is 0 Å². The Balaban J connectivity index is 1.81. The first kappa shape index (κ1) is 12.8. The van der Waals surface area contributed by atoms with Gasteiger partial charge < -0.3 is 14.7 Å². The number of carbonyl (C=O) groups excluding carboxylic acids is 1. The summed E-state index contributed by atoms with van der Waals surface area (Å²) < 4.78 is 5.60. The molecule has 1 unspecified atom stereocenters. The van der Waals surface area contributed by atoms with Gasteiger partial charge in [0.1, 0.15) is 0 Å². The topological polar surface area (TPSA) is 49.8 Å². The highest BCUT2D eigenvalue weighted by Crippen LogP contribution is 2.26. The van der Waals surface area contributed by atoms with Crippen molar-refractivity contribution in [2.75, 3.05) is 19.8 Å². The molecule has 0 aromatic rings. The maximum absolute atomic E-state index is 12.2. The summed E-state index contributed by atoms with van der Waals surface area (Å²) in [6.07, 6.45) is 7.29. The Kier molecular flexibility index (Phi) is 4.80. The third-order valence-electron chi connectivity index (χ3n) is 3.85. The summed E-state index contributed by atoms with van der Waals surface area (Å²) in [5, 5.41) is 9.03. The van der Waals surface area contributed by atoms with E-state index >= 15 is 0 Å². The molecule has 0 aromatic heterocycles. The molecule has 4 nitrogen and oxygen atoms in total. The quantitative estimate of drug-likeness (QED) is 0.789. The Morgan fingerprint density at radius 3 is 2.59 bits per heavy atom. The minimum atomic E-state index is 0.0633. The third kappa shape index (κ3) is 3.42. The number of hydrogen-bond donors (Lipinski definition) is 1. The largest absolute Gasteiger partial charge is 0.395 e. The summed E-state index contributed by atoms with van der Waals surface area (Å²) in [6, 6.07) is 0.373. The lowest BCUT2D eigenvalue weighted by molar-refractivity contribution is -0.139. The zero-order chi connectivity index (χ0) is 12.1. The Morgan fingerprint density at radius 1 is 1.24 bits per heavy atom. The Morgan fingerprint density at radius 2 is 2.06 bits per heavy atom. The van der Waals surface area contributed by atoms with E-state index in [1.807, 2.05) is 4.90 Å². The van der Waals surface area contributed by atoms with Gasteiger partial charge in [-0.3, -0.25) is 4.79 Å². The highest BCUT2D eigenvalue weighted by Gasteiger charge is 2.30. The average Bonchev–Trinajstić information content (AvgIpc) is 2.27. The molecule has 1 N–H and O–H groups in total. The van der Waals surface area contributed by atoms with Gasteiger partial charge in [0.05, 0.1) is 19.1 Å². The zero-order valence-corrected chi connectivity index (χ0v) is 10.4. The van der Waals surface area contributed by atoms with Crippen LogP contribution in [0.2, 0.25) is 0 Å². The van der Waals surface area contributed by atoms with Gasteiger partial charge in [-0.2, -0.15) is 0 Å². The molecule has 2 fully saturated rings. The zero-order valence-electron chi connectivity index (χ0n) is 10.4. The molecule has 2 aliphatic rings. The number of carbonyl (C=O) groups is 1. The van der Waals surface area contributed by atoms with E-state index in [-0.39, 0.29) is 18.6 Å². The number of amides is 1. The second kappa shape index (κ2) is 6.36. The molecular formula is C13H23NO3. The number of aliphatic hydroxyl groups is 1. The van der Waals surface area contributed by atoms with Gasteiger partial charge >= 0.3 is 0 Å². The number of ether oxygens (including phenoxy) is 1. The van der Waals surface area contributed by atoms with E-state index in [0.717, 1.165) is 32.3 Å². The minimum absolute atomic E-state index is 0.0633. The molecule has 1 saturated heterocycles. The van der Waals surface area contributed by atoms with E-state index in [4.69, 9.17) is 9.84 Å². The van der Waals surface area contributed by atoms with E-state index < -0.39 is 0 Å². The van der Waals surface area contributed by atoms with Crippen LogP contribution in [-0.2, 0) is 9.53 Å². The van der Waals surface area contributed by atoms with Crippen LogP contribution in [-0.4, -0.2) is 47.8 Å². The molecule has 4 heteroatoms. The van der Waals surface area contributed by atoms with Gasteiger partial charge in [-0.05, 0) is 38.5 Å². The highest BCUT2D eigenvalue weighted by molar-refractivity contribution is 5.77. The molecule has 1 atom stereocenters. The van der Waals surface area contributed by atoms with Crippen LogP contribution in [0.4, 0.5) is 0 Å². The van der Waals surface area contributed by atoms with Crippen molar-refractivity contribution in [3.05, 3.63) is 0 Å². The van der Waals surface area contributed by atoms with Crippen LogP contribution < -0.4 is 0 Å². The molecule has 1 aliphatic carbocycles. The number of nitrogens with zero attached hydrogens (tertiary/aromatic N) is 1. The summed E-state index contributed by atoms with van der Waals surface area (Å²) in [5.41, 5.74) is 0. The van der Waals surface area contributed by atoms with Crippen LogP contribution in [0.15, 0.2) is 0 Å². The maximum atomic E-state index is 12.2. The summed E-state index contributed by atoms with van der Waals surface area (Å²) in [5.74, 6) is 0.163. The molecule has 17 heavy (non-hydrogen) atoms. The van der Waals surface area contributed by atoms with E-state index in [0.29, 0.717) is 19.0 Å². The van der Waals surface area contributed by atoms with Crippen LogP contribution in [0, 0.1) is 0 Å². The van der Waals surface area contributed by atoms with Crippen LogP contribution >= 0.6 is 0 Å². The number of hydrogen-bond acceptors (Lipinski definition) is 3. The molecule has 0 bridgehead atoms. The van der Waals surface area contributed by atoms with Gasteiger partial charge in [0, 0.05) is 19.2 Å². The normalized spacial score (nSPS) is 25.4. The lowest BCUT2D eigenvalue weighted by Gasteiger charge is -2.38. The van der Waals surface area contributed by atoms with Crippen molar-refractivity contribution in [1.29, 1.82) is 0 Å². The SMILES string of the molecule is O=C(CC1CCCCO1)N(CCO)C1CCC1. The van der Waals surface area contributed by atoms with Gasteiger partial charge in [0.15, 0.2) is 0 Å². The molecule has 1 aliphatic heterocycles. The van der Waals surface area contributed by atoms with Crippen molar-refractivity contribution in [3.8, 4) is 0 Å². The molecule has 98 valence electrons. The predicted molar refractivity (Wildman–Crippen MR) is 64.6 cm³/mol. The molecule has 1 amide bonds. The predicted octanol–water partition coefficient (Wildman–Crippen LogP) is 1.32. The Hall–Kier alpha value is -0.610. The first-order chi connectivity index (χ1) is 8.31. The van der Waals surface area contributed by atoms with Crippen molar-refractivity contribution < 1.29 is 14.6 Å². The smallest absolute Gasteiger partial charge is 0.225 e. The molecular weight excluding hydrogens is 218 g/mol. The Bertz CT molecular complexity index is 247. The van der Waals surface area contributed by atoms with E-state index in [1.165, 1.54) is 12.8 Å². The van der Waals surface area contributed by atoms with Crippen molar-refractivity contribution in [2.45, 2.75) is 57.1 Å². The molecule has 1 saturated carbocycles. The molecule has 0 spiro atoms. The van der Waals surface area contributed by atoms with Crippen molar-refractivity contribution in [2.24, 2.45) is 0 Å². The fraction of sp³-hybridized carbons (Fsp3) is 0.923. The first-order valence-corrected chi connectivity index (χ1v) is 6.83. The van der Waals surface area contributed by atoms with Crippen LogP contribution in [0.5, 0.6) is 0 Å².